The highest BCUT2D eigenvalue weighted by Gasteiger charge is 1.79. The molecule has 0 heterocycles. The minimum atomic E-state index is 0.656. The monoisotopic (exact) mass is 164 g/mol. The maximum absolute atomic E-state index is 10.1. The second-order valence-electron chi connectivity index (χ2n) is 2.44. The Morgan fingerprint density at radius 3 is 1.42 bits per heavy atom. The van der Waals surface area contributed by atoms with Crippen molar-refractivity contribution in [2.24, 2.45) is 0 Å². The van der Waals surface area contributed by atoms with E-state index in [1.807, 2.05) is 0 Å². The van der Waals surface area contributed by atoms with Crippen molar-refractivity contribution >= 4 is 12.6 Å². The maximum atomic E-state index is 10.1. The van der Waals surface area contributed by atoms with Crippen LogP contribution in [0.1, 0.15) is 13.8 Å². The van der Waals surface area contributed by atoms with Crippen LogP contribution in [-0.4, -0.2) is 12.6 Å². The highest BCUT2D eigenvalue weighted by molar-refractivity contribution is 5.73. The molecule has 0 aromatic carbocycles. The normalized spacial score (nSPS) is 13.5. The number of rotatable bonds is 4. The molecule has 0 rings (SSSR count). The lowest BCUT2D eigenvalue weighted by atomic mass is 10.2. The van der Waals surface area contributed by atoms with Crippen LogP contribution in [0.3, 0.4) is 0 Å². The van der Waals surface area contributed by atoms with Gasteiger partial charge in [-0.1, -0.05) is 24.3 Å². The molecule has 0 spiro atoms. The zero-order chi connectivity index (χ0) is 9.40. The van der Waals surface area contributed by atoms with Crippen LogP contribution in [-0.2, 0) is 9.59 Å². The molecule has 0 bridgehead atoms. The third kappa shape index (κ3) is 5.35. The predicted octanol–water partition coefficient (Wildman–Crippen LogP) is 1.83. The lowest BCUT2D eigenvalue weighted by Crippen LogP contribution is -1.73. The first kappa shape index (κ1) is 10.6. The number of carbonyl (C=O) groups excluding carboxylic acids is 2. The second-order valence-corrected chi connectivity index (χ2v) is 2.44. The average Bonchev–Trinajstić information content (AvgIpc) is 2.11. The highest BCUT2D eigenvalue weighted by atomic mass is 16.1. The molecule has 0 aliphatic heterocycles. The summed E-state index contributed by atoms with van der Waals surface area (Å²) in [5, 5.41) is 0. The molecular weight excluding hydrogens is 152 g/mol. The quantitative estimate of drug-likeness (QED) is 0.361. The minimum Gasteiger partial charge on any atom is -0.298 e. The number of aldehydes is 2. The zero-order valence-electron chi connectivity index (χ0n) is 7.28. The molecule has 0 aromatic rings. The molecule has 0 fully saturated rings. The summed E-state index contributed by atoms with van der Waals surface area (Å²) in [5.41, 5.74) is 1.31. The van der Waals surface area contributed by atoms with E-state index in [0.29, 0.717) is 11.1 Å². The van der Waals surface area contributed by atoms with Gasteiger partial charge in [-0.05, 0) is 25.0 Å². The molecular formula is C10H12O2. The van der Waals surface area contributed by atoms with Gasteiger partial charge in [0.05, 0.1) is 0 Å². The molecule has 12 heavy (non-hydrogen) atoms. The summed E-state index contributed by atoms with van der Waals surface area (Å²) in [6.07, 6.45) is 8.36. The molecule has 0 unspecified atom stereocenters. The van der Waals surface area contributed by atoms with Crippen molar-refractivity contribution < 1.29 is 9.59 Å². The van der Waals surface area contributed by atoms with Crippen molar-refractivity contribution in [1.29, 1.82) is 0 Å². The van der Waals surface area contributed by atoms with Gasteiger partial charge in [-0.25, -0.2) is 0 Å². The first-order chi connectivity index (χ1) is 5.70. The van der Waals surface area contributed by atoms with Crippen molar-refractivity contribution in [2.75, 3.05) is 0 Å². The van der Waals surface area contributed by atoms with Gasteiger partial charge in [-0.15, -0.1) is 0 Å². The van der Waals surface area contributed by atoms with Crippen molar-refractivity contribution in [3.63, 3.8) is 0 Å². The highest BCUT2D eigenvalue weighted by Crippen LogP contribution is 1.90. The Morgan fingerprint density at radius 1 is 0.833 bits per heavy atom. The molecule has 0 aliphatic carbocycles. The van der Waals surface area contributed by atoms with E-state index in [4.69, 9.17) is 0 Å². The molecule has 0 aliphatic rings. The van der Waals surface area contributed by atoms with Gasteiger partial charge in [-0.3, -0.25) is 9.59 Å². The van der Waals surface area contributed by atoms with Gasteiger partial charge in [0, 0.05) is 0 Å². The maximum Gasteiger partial charge on any atom is 0.145 e. The fourth-order valence-corrected chi connectivity index (χ4v) is 0.493. The van der Waals surface area contributed by atoms with Gasteiger partial charge in [0.25, 0.3) is 0 Å². The van der Waals surface area contributed by atoms with Crippen molar-refractivity contribution in [3.8, 4) is 0 Å². The molecule has 2 nitrogen and oxygen atoms in total. The standard InChI is InChI=1S/C10H12O2/c1-9(7-11)5-3-4-6-10(2)8-12/h3-8H,1-2H3/b4-3+,9-5-,10-6-. The van der Waals surface area contributed by atoms with Crippen molar-refractivity contribution in [2.45, 2.75) is 13.8 Å². The van der Waals surface area contributed by atoms with E-state index in [-0.39, 0.29) is 0 Å². The van der Waals surface area contributed by atoms with Crippen LogP contribution in [0.4, 0.5) is 0 Å². The Hall–Kier alpha value is -1.44. The van der Waals surface area contributed by atoms with Gasteiger partial charge >= 0.3 is 0 Å². The summed E-state index contributed by atoms with van der Waals surface area (Å²) in [5.74, 6) is 0. The lowest BCUT2D eigenvalue weighted by molar-refractivity contribution is -0.105. The number of hydrogen-bond donors (Lipinski definition) is 0. The van der Waals surface area contributed by atoms with E-state index < -0.39 is 0 Å². The van der Waals surface area contributed by atoms with Crippen LogP contribution in [0.2, 0.25) is 0 Å². The van der Waals surface area contributed by atoms with Crippen LogP contribution in [0.15, 0.2) is 35.5 Å². The molecule has 0 atom stereocenters. The number of carbonyl (C=O) groups is 2. The second kappa shape index (κ2) is 6.28. The molecule has 0 amide bonds. The van der Waals surface area contributed by atoms with Crippen LogP contribution in [0.25, 0.3) is 0 Å². The average molecular weight is 164 g/mol. The first-order valence-electron chi connectivity index (χ1n) is 3.63. The van der Waals surface area contributed by atoms with Crippen LogP contribution in [0, 0.1) is 0 Å². The van der Waals surface area contributed by atoms with E-state index in [2.05, 4.69) is 0 Å². The predicted molar refractivity (Wildman–Crippen MR) is 48.8 cm³/mol. The topological polar surface area (TPSA) is 34.1 Å². The summed E-state index contributed by atoms with van der Waals surface area (Å²) >= 11 is 0. The van der Waals surface area contributed by atoms with Gasteiger partial charge in [-0.2, -0.15) is 0 Å². The van der Waals surface area contributed by atoms with Gasteiger partial charge < -0.3 is 0 Å². The van der Waals surface area contributed by atoms with E-state index in [0.717, 1.165) is 12.6 Å². The third-order valence-corrected chi connectivity index (χ3v) is 1.20. The van der Waals surface area contributed by atoms with E-state index >= 15 is 0 Å². The van der Waals surface area contributed by atoms with Crippen LogP contribution < -0.4 is 0 Å². The zero-order valence-corrected chi connectivity index (χ0v) is 7.28. The largest absolute Gasteiger partial charge is 0.298 e. The fraction of sp³-hybridized carbons (Fsp3) is 0.200. The fourth-order valence-electron chi connectivity index (χ4n) is 0.493. The third-order valence-electron chi connectivity index (χ3n) is 1.20. The summed E-state index contributed by atoms with van der Waals surface area (Å²) in [6, 6.07) is 0. The molecule has 0 saturated carbocycles. The summed E-state index contributed by atoms with van der Waals surface area (Å²) in [7, 11) is 0. The van der Waals surface area contributed by atoms with Crippen LogP contribution >= 0.6 is 0 Å². The summed E-state index contributed by atoms with van der Waals surface area (Å²) in [6.45, 7) is 3.43. The number of hydrogen-bond acceptors (Lipinski definition) is 2. The van der Waals surface area contributed by atoms with Gasteiger partial charge in [0.1, 0.15) is 12.6 Å². The smallest absolute Gasteiger partial charge is 0.145 e. The molecule has 0 aromatic heterocycles. The Labute approximate surface area is 72.3 Å². The Bertz CT molecular complexity index is 219. The Kier molecular flexibility index (Phi) is 5.53. The molecule has 64 valence electrons. The van der Waals surface area contributed by atoms with Crippen LogP contribution in [0.5, 0.6) is 0 Å². The molecule has 0 N–H and O–H groups in total. The van der Waals surface area contributed by atoms with Gasteiger partial charge in [0.2, 0.25) is 0 Å². The van der Waals surface area contributed by atoms with Crippen molar-refractivity contribution in [1.82, 2.24) is 0 Å². The molecule has 0 radical (unpaired) electrons. The van der Waals surface area contributed by atoms with Crippen molar-refractivity contribution in [3.05, 3.63) is 35.5 Å². The van der Waals surface area contributed by atoms with E-state index in [9.17, 15) is 9.59 Å². The lowest BCUT2D eigenvalue weighted by Gasteiger charge is -1.81. The Balaban J connectivity index is 4.09. The number of allylic oxidation sites excluding steroid dienone is 6. The summed E-state index contributed by atoms with van der Waals surface area (Å²) in [4.78, 5) is 20.2. The van der Waals surface area contributed by atoms with E-state index in [1.165, 1.54) is 0 Å². The molecule has 0 saturated heterocycles. The SMILES string of the molecule is C/C(C=O)=C/C=C/C=C(/C)C=O. The molecule has 2 heteroatoms. The van der Waals surface area contributed by atoms with Gasteiger partial charge in [0.15, 0.2) is 0 Å². The van der Waals surface area contributed by atoms with E-state index in [1.54, 1.807) is 38.2 Å². The Morgan fingerprint density at radius 2 is 1.17 bits per heavy atom. The summed E-state index contributed by atoms with van der Waals surface area (Å²) < 4.78 is 0. The first-order valence-corrected chi connectivity index (χ1v) is 3.63. The minimum absolute atomic E-state index is 0.656.